The predicted molar refractivity (Wildman–Crippen MR) is 211 cm³/mol. The Hall–Kier alpha value is -4.54. The predicted octanol–water partition coefficient (Wildman–Crippen LogP) is 5.93. The third-order valence-corrected chi connectivity index (χ3v) is 13.5. The van der Waals surface area contributed by atoms with Gasteiger partial charge in [0.05, 0.1) is 11.1 Å². The molecule has 4 fully saturated rings. The number of benzene rings is 3. The van der Waals surface area contributed by atoms with Crippen LogP contribution in [0.1, 0.15) is 90.0 Å². The van der Waals surface area contributed by atoms with E-state index in [1.54, 1.807) is 6.07 Å². The van der Waals surface area contributed by atoms with Gasteiger partial charge in [-0.05, 0) is 138 Å². The maximum atomic E-state index is 13.3. The summed E-state index contributed by atoms with van der Waals surface area (Å²) >= 11 is 0. The van der Waals surface area contributed by atoms with Gasteiger partial charge >= 0.3 is 0 Å². The number of para-hydroxylation sites is 1. The van der Waals surface area contributed by atoms with E-state index in [1.165, 1.54) is 92.2 Å². The van der Waals surface area contributed by atoms with Crippen LogP contribution >= 0.6 is 0 Å². The maximum absolute atomic E-state index is 13.3. The lowest BCUT2D eigenvalue weighted by Crippen LogP contribution is -2.54. The van der Waals surface area contributed by atoms with Crippen molar-refractivity contribution in [1.29, 1.82) is 0 Å². The first-order valence-corrected chi connectivity index (χ1v) is 20.3. The molecule has 9 rings (SSSR count). The molecule has 0 radical (unpaired) electrons. The van der Waals surface area contributed by atoms with Crippen LogP contribution in [0.5, 0.6) is 0 Å². The highest BCUT2D eigenvalue weighted by atomic mass is 16.2. The monoisotopic (exact) mass is 728 g/mol. The number of hydrogen-bond donors (Lipinski definition) is 1. The summed E-state index contributed by atoms with van der Waals surface area (Å²) in [5.41, 5.74) is 5.80. The highest BCUT2D eigenvalue weighted by molar-refractivity contribution is 6.23. The van der Waals surface area contributed by atoms with E-state index in [4.69, 9.17) is 0 Å². The van der Waals surface area contributed by atoms with E-state index in [-0.39, 0.29) is 18.7 Å². The smallest absolute Gasteiger partial charge is 0.262 e. The quantitative estimate of drug-likeness (QED) is 0.225. The number of carbonyl (C=O) groups excluding carboxylic acids is 4. The fraction of sp³-hybridized carbons (Fsp3) is 0.500. The molecule has 1 atom stereocenters. The van der Waals surface area contributed by atoms with Crippen molar-refractivity contribution in [1.82, 2.24) is 24.6 Å². The van der Waals surface area contributed by atoms with Gasteiger partial charge in [0.2, 0.25) is 11.8 Å². The van der Waals surface area contributed by atoms with Crippen LogP contribution in [0, 0.1) is 11.8 Å². The van der Waals surface area contributed by atoms with Gasteiger partial charge in [-0.15, -0.1) is 0 Å². The van der Waals surface area contributed by atoms with Gasteiger partial charge in [0.15, 0.2) is 0 Å². The summed E-state index contributed by atoms with van der Waals surface area (Å²) in [4.78, 5) is 59.3. The molecule has 4 saturated heterocycles. The van der Waals surface area contributed by atoms with E-state index in [1.807, 2.05) is 12.1 Å². The van der Waals surface area contributed by atoms with Crippen LogP contribution in [0.25, 0.3) is 21.8 Å². The van der Waals surface area contributed by atoms with Crippen molar-refractivity contribution in [2.75, 3.05) is 57.3 Å². The number of carbonyl (C=O) groups is 4. The topological polar surface area (TPSA) is 98.2 Å². The second kappa shape index (κ2) is 14.6. The molecule has 4 amide bonds. The van der Waals surface area contributed by atoms with E-state index in [0.717, 1.165) is 49.0 Å². The molecule has 5 aliphatic heterocycles. The second-order valence-electron chi connectivity index (χ2n) is 16.6. The Balaban J connectivity index is 0.700. The van der Waals surface area contributed by atoms with Crippen molar-refractivity contribution < 1.29 is 19.2 Å². The minimum atomic E-state index is -0.938. The first-order chi connectivity index (χ1) is 26.3. The normalized spacial score (nSPS) is 22.9. The summed E-state index contributed by atoms with van der Waals surface area (Å²) < 4.78 is 2.35. The number of likely N-dealkylation sites (tertiary alicyclic amines) is 2. The molecule has 0 saturated carbocycles. The van der Waals surface area contributed by atoms with Crippen molar-refractivity contribution in [3.63, 3.8) is 0 Å². The van der Waals surface area contributed by atoms with Crippen molar-refractivity contribution in [3.8, 4) is 0 Å². The highest BCUT2D eigenvalue weighted by Crippen LogP contribution is 2.36. The molecule has 0 aliphatic carbocycles. The second-order valence-corrected chi connectivity index (χ2v) is 16.6. The molecule has 4 aromatic rings. The summed E-state index contributed by atoms with van der Waals surface area (Å²) in [5.74, 6) is 0.305. The average Bonchev–Trinajstić information content (AvgIpc) is 3.63. The Morgan fingerprint density at radius 1 is 0.667 bits per heavy atom. The minimum Gasteiger partial charge on any atom is -0.371 e. The maximum Gasteiger partial charge on any atom is 0.262 e. The number of aromatic nitrogens is 1. The Morgan fingerprint density at radius 3 is 2.15 bits per heavy atom. The fourth-order valence-electron chi connectivity index (χ4n) is 10.1. The third-order valence-electron chi connectivity index (χ3n) is 13.5. The van der Waals surface area contributed by atoms with Crippen LogP contribution in [0.4, 0.5) is 5.69 Å². The largest absolute Gasteiger partial charge is 0.371 e. The molecule has 0 spiro atoms. The molecule has 1 aromatic heterocycles. The number of rotatable bonds is 8. The van der Waals surface area contributed by atoms with Crippen LogP contribution in [0.3, 0.4) is 0 Å². The van der Waals surface area contributed by atoms with E-state index >= 15 is 0 Å². The fourth-order valence-corrected chi connectivity index (χ4v) is 10.1. The van der Waals surface area contributed by atoms with Crippen LogP contribution in [0.15, 0.2) is 60.7 Å². The number of nitrogens with one attached hydrogen (secondary N) is 1. The lowest BCUT2D eigenvalue weighted by molar-refractivity contribution is -0.136. The Bertz CT molecular complexity index is 2100. The van der Waals surface area contributed by atoms with Crippen LogP contribution in [-0.2, 0) is 16.6 Å². The number of nitrogens with zero attached hydrogens (tertiary/aromatic N) is 5. The van der Waals surface area contributed by atoms with E-state index < -0.39 is 23.8 Å². The molecule has 1 N–H and O–H groups in total. The summed E-state index contributed by atoms with van der Waals surface area (Å²) in [6.45, 7) is 9.06. The summed E-state index contributed by atoms with van der Waals surface area (Å²) in [6.07, 6.45) is 8.93. The highest BCUT2D eigenvalue weighted by Gasteiger charge is 2.45. The molecule has 1 unspecified atom stereocenters. The standard InChI is InChI=1S/C44H52N6O4/c1-46-38-5-3-2-4-34(38)35-8-6-32(26-40(35)46)31-17-22-47(23-18-31)19-12-29-13-20-48(21-14-29)28-30-15-24-49(25-16-30)33-7-9-36-37(27-33)44(54)50(43(36)53)39-10-11-41(51)45-42(39)52/h2-9,26-27,29-31,39H,10-25,28H2,1H3,(H,45,51,52). The van der Waals surface area contributed by atoms with E-state index in [9.17, 15) is 19.2 Å². The van der Waals surface area contributed by atoms with Gasteiger partial charge in [-0.3, -0.25) is 29.4 Å². The molecule has 54 heavy (non-hydrogen) atoms. The molecular formula is C44H52N6O4. The molecule has 5 aliphatic rings. The van der Waals surface area contributed by atoms with E-state index in [2.05, 4.69) is 74.1 Å². The molecular weight excluding hydrogens is 677 g/mol. The van der Waals surface area contributed by atoms with Crippen molar-refractivity contribution in [3.05, 3.63) is 77.4 Å². The van der Waals surface area contributed by atoms with Gasteiger partial charge < -0.3 is 19.3 Å². The van der Waals surface area contributed by atoms with Crippen molar-refractivity contribution >= 4 is 51.1 Å². The summed E-state index contributed by atoms with van der Waals surface area (Å²) in [5, 5.41) is 4.97. The zero-order chi connectivity index (χ0) is 36.9. The number of piperidine rings is 4. The van der Waals surface area contributed by atoms with Crippen LogP contribution in [0.2, 0.25) is 0 Å². The number of aryl methyl sites for hydroxylation is 1. The van der Waals surface area contributed by atoms with Gasteiger partial charge in [-0.25, -0.2) is 0 Å². The number of fused-ring (bicyclic) bond motifs is 4. The summed E-state index contributed by atoms with van der Waals surface area (Å²) in [6, 6.07) is 20.5. The van der Waals surface area contributed by atoms with Crippen LogP contribution in [-0.4, -0.2) is 101 Å². The van der Waals surface area contributed by atoms with Gasteiger partial charge in [-0.1, -0.05) is 30.3 Å². The van der Waals surface area contributed by atoms with Gasteiger partial charge in [-0.2, -0.15) is 0 Å². The van der Waals surface area contributed by atoms with Gasteiger partial charge in [0, 0.05) is 60.6 Å². The zero-order valence-electron chi connectivity index (χ0n) is 31.5. The zero-order valence-corrected chi connectivity index (χ0v) is 31.5. The third kappa shape index (κ3) is 6.61. The van der Waals surface area contributed by atoms with Crippen molar-refractivity contribution in [2.45, 2.75) is 69.7 Å². The number of hydrogen-bond acceptors (Lipinski definition) is 7. The number of amides is 4. The van der Waals surface area contributed by atoms with E-state index in [0.29, 0.717) is 23.0 Å². The lowest BCUT2D eigenvalue weighted by atomic mass is 9.88. The van der Waals surface area contributed by atoms with Gasteiger partial charge in [0.25, 0.3) is 11.8 Å². The molecule has 3 aromatic carbocycles. The number of imide groups is 2. The first kappa shape index (κ1) is 35.2. The molecule has 6 heterocycles. The Morgan fingerprint density at radius 2 is 1.37 bits per heavy atom. The first-order valence-electron chi connectivity index (χ1n) is 20.3. The Kier molecular flexibility index (Phi) is 9.51. The summed E-state index contributed by atoms with van der Waals surface area (Å²) in [7, 11) is 2.20. The van der Waals surface area contributed by atoms with Gasteiger partial charge in [0.1, 0.15) is 6.04 Å². The molecule has 10 nitrogen and oxygen atoms in total. The minimum absolute atomic E-state index is 0.119. The SMILES string of the molecule is Cn1c2ccccc2c2ccc(C3CCN(CCC4CCN(CC5CCN(c6ccc7c(c6)C(=O)N(C6CCC(=O)NC6=O)C7=O)CC5)CC4)CC3)cc21. The molecule has 0 bridgehead atoms. The molecule has 10 heteroatoms. The Labute approximate surface area is 317 Å². The average molecular weight is 729 g/mol. The van der Waals surface area contributed by atoms with Crippen molar-refractivity contribution in [2.24, 2.45) is 18.9 Å². The van der Waals surface area contributed by atoms with Crippen LogP contribution < -0.4 is 10.2 Å². The molecule has 282 valence electrons. The lowest BCUT2D eigenvalue weighted by Gasteiger charge is -2.39. The number of anilines is 1.